The fraction of sp³-hybridized carbons (Fsp3) is 0.818. The van der Waals surface area contributed by atoms with E-state index in [1.54, 1.807) is 10.9 Å². The molecule has 2 atom stereocenters. The first kappa shape index (κ1) is 11.5. The quantitative estimate of drug-likeness (QED) is 0.833. The molecule has 90 valence electrons. The largest absolute Gasteiger partial charge is 0.383 e. The fourth-order valence-electron chi connectivity index (χ4n) is 2.38. The summed E-state index contributed by atoms with van der Waals surface area (Å²) in [6.07, 6.45) is 5.13. The van der Waals surface area contributed by atoms with Gasteiger partial charge in [0.1, 0.15) is 5.60 Å². The normalized spacial score (nSPS) is 30.6. The highest BCUT2D eigenvalue weighted by Gasteiger charge is 2.38. The van der Waals surface area contributed by atoms with Gasteiger partial charge in [-0.25, -0.2) is 4.68 Å². The second-order valence-corrected chi connectivity index (χ2v) is 4.51. The summed E-state index contributed by atoms with van der Waals surface area (Å²) in [6.45, 7) is 2.73. The minimum atomic E-state index is -0.823. The maximum Gasteiger partial charge on any atom is 0.112 e. The van der Waals surface area contributed by atoms with Gasteiger partial charge in [-0.05, 0) is 6.42 Å². The van der Waals surface area contributed by atoms with Crippen molar-refractivity contribution >= 4 is 0 Å². The summed E-state index contributed by atoms with van der Waals surface area (Å²) in [4.78, 5) is 0. The predicted octanol–water partition coefficient (Wildman–Crippen LogP) is 0.982. The second-order valence-electron chi connectivity index (χ2n) is 4.51. The van der Waals surface area contributed by atoms with Gasteiger partial charge in [0.25, 0.3) is 0 Å². The zero-order valence-electron chi connectivity index (χ0n) is 9.89. The number of nitrogens with zero attached hydrogens (tertiary/aromatic N) is 3. The average Bonchev–Trinajstić information content (AvgIpc) is 2.66. The van der Waals surface area contributed by atoms with Crippen LogP contribution in [0.3, 0.4) is 0 Å². The standard InChI is InChI=1S/C11H19N3O2/c1-3-4-9-7-11(15,5-6-16-9)10-8-12-13-14(10)2/h8-9,15H,3-7H2,1-2H3. The van der Waals surface area contributed by atoms with Gasteiger partial charge in [0.15, 0.2) is 0 Å². The highest BCUT2D eigenvalue weighted by Crippen LogP contribution is 2.35. The average molecular weight is 225 g/mol. The molecule has 5 heteroatoms. The SMILES string of the molecule is CCCC1CC(O)(c2cnnn2C)CCO1. The molecule has 1 aromatic rings. The number of aromatic nitrogens is 3. The molecule has 2 rings (SSSR count). The van der Waals surface area contributed by atoms with Crippen molar-refractivity contribution in [3.8, 4) is 0 Å². The van der Waals surface area contributed by atoms with Gasteiger partial charge in [-0.2, -0.15) is 0 Å². The van der Waals surface area contributed by atoms with Crippen LogP contribution in [0.2, 0.25) is 0 Å². The Kier molecular flexibility index (Phi) is 3.25. The van der Waals surface area contributed by atoms with Crippen molar-refractivity contribution in [1.29, 1.82) is 0 Å². The Morgan fingerprint density at radius 3 is 3.12 bits per heavy atom. The van der Waals surface area contributed by atoms with Gasteiger partial charge >= 0.3 is 0 Å². The Morgan fingerprint density at radius 2 is 2.50 bits per heavy atom. The van der Waals surface area contributed by atoms with Gasteiger partial charge in [0, 0.05) is 19.9 Å². The Morgan fingerprint density at radius 1 is 1.69 bits per heavy atom. The summed E-state index contributed by atoms with van der Waals surface area (Å²) in [5.74, 6) is 0. The molecule has 16 heavy (non-hydrogen) atoms. The molecule has 1 saturated heterocycles. The third-order valence-corrected chi connectivity index (χ3v) is 3.24. The van der Waals surface area contributed by atoms with E-state index in [1.807, 2.05) is 7.05 Å². The number of ether oxygens (including phenoxy) is 1. The third-order valence-electron chi connectivity index (χ3n) is 3.24. The van der Waals surface area contributed by atoms with Crippen molar-refractivity contribution in [2.75, 3.05) is 6.61 Å². The van der Waals surface area contributed by atoms with Crippen molar-refractivity contribution in [2.24, 2.45) is 7.05 Å². The van der Waals surface area contributed by atoms with Crippen molar-refractivity contribution in [3.63, 3.8) is 0 Å². The molecule has 0 aliphatic carbocycles. The number of hydrogen-bond donors (Lipinski definition) is 1. The Hall–Kier alpha value is -0.940. The van der Waals surface area contributed by atoms with Crippen LogP contribution in [0.4, 0.5) is 0 Å². The van der Waals surface area contributed by atoms with E-state index in [4.69, 9.17) is 4.74 Å². The van der Waals surface area contributed by atoms with Crippen LogP contribution in [0.1, 0.15) is 38.3 Å². The molecule has 2 heterocycles. The predicted molar refractivity (Wildman–Crippen MR) is 58.8 cm³/mol. The number of hydrogen-bond acceptors (Lipinski definition) is 4. The molecule has 0 spiro atoms. The summed E-state index contributed by atoms with van der Waals surface area (Å²) in [7, 11) is 1.81. The van der Waals surface area contributed by atoms with E-state index >= 15 is 0 Å². The maximum absolute atomic E-state index is 10.6. The lowest BCUT2D eigenvalue weighted by atomic mass is 9.86. The smallest absolute Gasteiger partial charge is 0.112 e. The summed E-state index contributed by atoms with van der Waals surface area (Å²) < 4.78 is 7.29. The van der Waals surface area contributed by atoms with Crippen molar-refractivity contribution in [2.45, 2.75) is 44.3 Å². The third kappa shape index (κ3) is 2.10. The molecule has 0 saturated carbocycles. The van der Waals surface area contributed by atoms with E-state index in [0.29, 0.717) is 19.4 Å². The van der Waals surface area contributed by atoms with Crippen LogP contribution >= 0.6 is 0 Å². The monoisotopic (exact) mass is 225 g/mol. The molecule has 0 amide bonds. The molecular weight excluding hydrogens is 206 g/mol. The van der Waals surface area contributed by atoms with E-state index in [2.05, 4.69) is 17.2 Å². The topological polar surface area (TPSA) is 60.2 Å². The molecule has 1 N–H and O–H groups in total. The zero-order chi connectivity index (χ0) is 11.6. The maximum atomic E-state index is 10.6. The number of aliphatic hydroxyl groups is 1. The van der Waals surface area contributed by atoms with Crippen LogP contribution in [0.15, 0.2) is 6.20 Å². The highest BCUT2D eigenvalue weighted by atomic mass is 16.5. The summed E-state index contributed by atoms with van der Waals surface area (Å²) >= 11 is 0. The van der Waals surface area contributed by atoms with E-state index in [0.717, 1.165) is 18.5 Å². The summed E-state index contributed by atoms with van der Waals surface area (Å²) in [5.41, 5.74) is -0.0343. The molecule has 2 unspecified atom stereocenters. The first-order valence-corrected chi connectivity index (χ1v) is 5.85. The van der Waals surface area contributed by atoms with E-state index in [-0.39, 0.29) is 6.10 Å². The Bertz CT molecular complexity index is 351. The number of rotatable bonds is 3. The zero-order valence-corrected chi connectivity index (χ0v) is 9.89. The molecule has 1 fully saturated rings. The Balaban J connectivity index is 2.15. The van der Waals surface area contributed by atoms with Gasteiger partial charge in [0.2, 0.25) is 0 Å². The second kappa shape index (κ2) is 4.51. The lowest BCUT2D eigenvalue weighted by Crippen LogP contribution is -2.39. The summed E-state index contributed by atoms with van der Waals surface area (Å²) in [6, 6.07) is 0. The minimum Gasteiger partial charge on any atom is -0.383 e. The molecule has 0 bridgehead atoms. The molecule has 0 radical (unpaired) electrons. The van der Waals surface area contributed by atoms with E-state index in [9.17, 15) is 5.11 Å². The van der Waals surface area contributed by atoms with Crippen molar-refractivity contribution in [1.82, 2.24) is 15.0 Å². The van der Waals surface area contributed by atoms with Crippen molar-refractivity contribution < 1.29 is 9.84 Å². The first-order valence-electron chi connectivity index (χ1n) is 5.85. The summed E-state index contributed by atoms with van der Waals surface area (Å²) in [5, 5.41) is 18.3. The van der Waals surface area contributed by atoms with Crippen LogP contribution < -0.4 is 0 Å². The van der Waals surface area contributed by atoms with E-state index < -0.39 is 5.60 Å². The molecule has 1 aliphatic heterocycles. The van der Waals surface area contributed by atoms with Gasteiger partial charge < -0.3 is 9.84 Å². The molecular formula is C11H19N3O2. The molecule has 1 aliphatic rings. The lowest BCUT2D eigenvalue weighted by Gasteiger charge is -2.36. The molecule has 1 aromatic heterocycles. The van der Waals surface area contributed by atoms with Crippen LogP contribution in [0.5, 0.6) is 0 Å². The van der Waals surface area contributed by atoms with Gasteiger partial charge in [0.05, 0.1) is 24.6 Å². The molecule has 0 aromatic carbocycles. The Labute approximate surface area is 95.4 Å². The lowest BCUT2D eigenvalue weighted by molar-refractivity contribution is -0.113. The first-order chi connectivity index (χ1) is 7.65. The van der Waals surface area contributed by atoms with E-state index in [1.165, 1.54) is 0 Å². The molecule has 5 nitrogen and oxygen atoms in total. The van der Waals surface area contributed by atoms with Gasteiger partial charge in [-0.15, -0.1) is 5.10 Å². The van der Waals surface area contributed by atoms with Crippen LogP contribution in [-0.4, -0.2) is 32.8 Å². The minimum absolute atomic E-state index is 0.152. The van der Waals surface area contributed by atoms with Crippen molar-refractivity contribution in [3.05, 3.63) is 11.9 Å². The van der Waals surface area contributed by atoms with Crippen LogP contribution in [-0.2, 0) is 17.4 Å². The fourth-order valence-corrected chi connectivity index (χ4v) is 2.38. The van der Waals surface area contributed by atoms with Gasteiger partial charge in [-0.3, -0.25) is 0 Å². The van der Waals surface area contributed by atoms with Gasteiger partial charge in [-0.1, -0.05) is 18.6 Å². The van der Waals surface area contributed by atoms with Crippen LogP contribution in [0, 0.1) is 0 Å². The van der Waals surface area contributed by atoms with Crippen LogP contribution in [0.25, 0.3) is 0 Å². The number of aryl methyl sites for hydroxylation is 1. The highest BCUT2D eigenvalue weighted by molar-refractivity contribution is 5.09.